The molecular weight excluding hydrogens is 226 g/mol. The Morgan fingerprint density at radius 1 is 1.33 bits per heavy atom. The Balaban J connectivity index is 2.06. The van der Waals surface area contributed by atoms with Crippen LogP contribution >= 0.6 is 0 Å². The fourth-order valence-corrected chi connectivity index (χ4v) is 2.06. The summed E-state index contributed by atoms with van der Waals surface area (Å²) in [7, 11) is 3.64. The van der Waals surface area contributed by atoms with Crippen LogP contribution < -0.4 is 10.5 Å². The average molecular weight is 245 g/mol. The number of methoxy groups -OCH3 is 1. The third kappa shape index (κ3) is 2.47. The number of hydrogen-bond donors (Lipinski definition) is 1. The molecule has 0 unspecified atom stereocenters. The summed E-state index contributed by atoms with van der Waals surface area (Å²) in [5.41, 5.74) is 9.33. The molecule has 4 nitrogen and oxygen atoms in total. The first kappa shape index (κ1) is 12.5. The van der Waals surface area contributed by atoms with Crippen LogP contribution in [0.1, 0.15) is 16.8 Å². The number of nitrogens with two attached hydrogens (primary N) is 1. The van der Waals surface area contributed by atoms with Crippen LogP contribution in [-0.4, -0.2) is 16.7 Å². The molecule has 0 spiro atoms. The number of aryl methyl sites for hydroxylation is 3. The van der Waals surface area contributed by atoms with Crippen molar-refractivity contribution in [1.82, 2.24) is 9.55 Å². The van der Waals surface area contributed by atoms with Gasteiger partial charge in [-0.15, -0.1) is 0 Å². The quantitative estimate of drug-likeness (QED) is 0.897. The average Bonchev–Trinajstić information content (AvgIpc) is 2.68. The molecule has 0 bridgehead atoms. The van der Waals surface area contributed by atoms with Gasteiger partial charge in [0.05, 0.1) is 13.3 Å². The number of imidazole rings is 1. The molecular formula is C14H19N3O. The van der Waals surface area contributed by atoms with Crippen molar-refractivity contribution in [2.24, 2.45) is 7.05 Å². The largest absolute Gasteiger partial charge is 0.496 e. The lowest BCUT2D eigenvalue weighted by Crippen LogP contribution is -2.02. The monoisotopic (exact) mass is 245 g/mol. The highest BCUT2D eigenvalue weighted by atomic mass is 16.5. The molecule has 0 aliphatic carbocycles. The maximum atomic E-state index is 5.71. The van der Waals surface area contributed by atoms with Crippen LogP contribution in [-0.2, 0) is 19.9 Å². The number of ether oxygens (including phenoxy) is 1. The molecule has 0 saturated carbocycles. The second-order valence-electron chi connectivity index (χ2n) is 4.47. The van der Waals surface area contributed by atoms with Gasteiger partial charge in [-0.3, -0.25) is 0 Å². The van der Waals surface area contributed by atoms with E-state index in [2.05, 4.69) is 24.0 Å². The zero-order valence-electron chi connectivity index (χ0n) is 11.1. The van der Waals surface area contributed by atoms with Gasteiger partial charge in [-0.1, -0.05) is 12.1 Å². The minimum atomic E-state index is 0.566. The predicted octanol–water partition coefficient (Wildman–Crippen LogP) is 2.10. The Hall–Kier alpha value is -1.97. The van der Waals surface area contributed by atoms with Crippen LogP contribution in [0.5, 0.6) is 5.75 Å². The van der Waals surface area contributed by atoms with Crippen molar-refractivity contribution in [3.05, 3.63) is 41.2 Å². The van der Waals surface area contributed by atoms with Crippen molar-refractivity contribution in [2.75, 3.05) is 12.8 Å². The van der Waals surface area contributed by atoms with E-state index in [1.807, 2.05) is 23.9 Å². The molecule has 1 heterocycles. The summed E-state index contributed by atoms with van der Waals surface area (Å²) in [6.45, 7) is 2.06. The maximum Gasteiger partial charge on any atom is 0.200 e. The molecule has 0 amide bonds. The normalized spacial score (nSPS) is 10.6. The molecule has 0 saturated heterocycles. The van der Waals surface area contributed by atoms with Crippen molar-refractivity contribution in [3.63, 3.8) is 0 Å². The SMILES string of the molecule is COc1ccc(CCc2cnc(N)n2C)cc1C. The summed E-state index contributed by atoms with van der Waals surface area (Å²) >= 11 is 0. The zero-order chi connectivity index (χ0) is 13.1. The van der Waals surface area contributed by atoms with Gasteiger partial charge in [-0.2, -0.15) is 0 Å². The third-order valence-electron chi connectivity index (χ3n) is 3.25. The predicted molar refractivity (Wildman–Crippen MR) is 72.8 cm³/mol. The van der Waals surface area contributed by atoms with E-state index in [0.717, 1.165) is 24.3 Å². The van der Waals surface area contributed by atoms with E-state index in [4.69, 9.17) is 10.5 Å². The van der Waals surface area contributed by atoms with Gasteiger partial charge in [0.1, 0.15) is 5.75 Å². The summed E-state index contributed by atoms with van der Waals surface area (Å²) in [5, 5.41) is 0. The topological polar surface area (TPSA) is 53.1 Å². The third-order valence-corrected chi connectivity index (χ3v) is 3.25. The minimum Gasteiger partial charge on any atom is -0.496 e. The highest BCUT2D eigenvalue weighted by Crippen LogP contribution is 2.19. The first-order chi connectivity index (χ1) is 8.61. The molecule has 1 aromatic carbocycles. The number of rotatable bonds is 4. The molecule has 18 heavy (non-hydrogen) atoms. The lowest BCUT2D eigenvalue weighted by atomic mass is 10.1. The molecule has 96 valence electrons. The Labute approximate surface area is 107 Å². The van der Waals surface area contributed by atoms with Gasteiger partial charge < -0.3 is 15.0 Å². The molecule has 2 aromatic rings. The van der Waals surface area contributed by atoms with Gasteiger partial charge in [-0.25, -0.2) is 4.98 Å². The van der Waals surface area contributed by atoms with Gasteiger partial charge >= 0.3 is 0 Å². The number of benzene rings is 1. The number of nitrogen functional groups attached to an aromatic ring is 1. The first-order valence-electron chi connectivity index (χ1n) is 6.01. The standard InChI is InChI=1S/C14H19N3O/c1-10-8-11(5-7-13(10)18-3)4-6-12-9-16-14(15)17(12)2/h5,7-9H,4,6H2,1-3H3,(H2,15,16). The minimum absolute atomic E-state index is 0.566. The van der Waals surface area contributed by atoms with E-state index in [9.17, 15) is 0 Å². The van der Waals surface area contributed by atoms with Crippen LogP contribution in [0, 0.1) is 6.92 Å². The Kier molecular flexibility index (Phi) is 3.55. The van der Waals surface area contributed by atoms with Crippen LogP contribution in [0.3, 0.4) is 0 Å². The van der Waals surface area contributed by atoms with E-state index >= 15 is 0 Å². The van der Waals surface area contributed by atoms with E-state index < -0.39 is 0 Å². The van der Waals surface area contributed by atoms with E-state index in [1.165, 1.54) is 11.1 Å². The molecule has 1 aromatic heterocycles. The second kappa shape index (κ2) is 5.12. The fourth-order valence-electron chi connectivity index (χ4n) is 2.06. The van der Waals surface area contributed by atoms with Crippen molar-refractivity contribution >= 4 is 5.95 Å². The van der Waals surface area contributed by atoms with Gasteiger partial charge in [0.2, 0.25) is 0 Å². The van der Waals surface area contributed by atoms with Crippen LogP contribution in [0.15, 0.2) is 24.4 Å². The summed E-state index contributed by atoms with van der Waals surface area (Å²) in [4.78, 5) is 4.09. The van der Waals surface area contributed by atoms with Crippen molar-refractivity contribution < 1.29 is 4.74 Å². The summed E-state index contributed by atoms with van der Waals surface area (Å²) in [5.74, 6) is 1.50. The molecule has 0 aliphatic heterocycles. The van der Waals surface area contributed by atoms with Crippen LogP contribution in [0.25, 0.3) is 0 Å². The molecule has 2 rings (SSSR count). The Morgan fingerprint density at radius 3 is 2.67 bits per heavy atom. The molecule has 2 N–H and O–H groups in total. The molecule has 0 fully saturated rings. The van der Waals surface area contributed by atoms with Gasteiger partial charge in [0.25, 0.3) is 0 Å². The maximum absolute atomic E-state index is 5.71. The molecule has 0 atom stereocenters. The lowest BCUT2D eigenvalue weighted by molar-refractivity contribution is 0.411. The highest BCUT2D eigenvalue weighted by molar-refractivity contribution is 5.36. The highest BCUT2D eigenvalue weighted by Gasteiger charge is 2.05. The van der Waals surface area contributed by atoms with Gasteiger partial charge in [-0.05, 0) is 37.0 Å². The lowest BCUT2D eigenvalue weighted by Gasteiger charge is -2.08. The fraction of sp³-hybridized carbons (Fsp3) is 0.357. The molecule has 0 radical (unpaired) electrons. The summed E-state index contributed by atoms with van der Waals surface area (Å²) in [6, 6.07) is 6.28. The second-order valence-corrected chi connectivity index (χ2v) is 4.47. The molecule has 0 aliphatic rings. The van der Waals surface area contributed by atoms with E-state index in [1.54, 1.807) is 7.11 Å². The van der Waals surface area contributed by atoms with E-state index in [-0.39, 0.29) is 0 Å². The van der Waals surface area contributed by atoms with Gasteiger partial charge in [0, 0.05) is 12.7 Å². The first-order valence-corrected chi connectivity index (χ1v) is 6.01. The zero-order valence-corrected chi connectivity index (χ0v) is 11.1. The smallest absolute Gasteiger partial charge is 0.200 e. The van der Waals surface area contributed by atoms with Gasteiger partial charge in [0.15, 0.2) is 5.95 Å². The number of nitrogens with zero attached hydrogens (tertiary/aromatic N) is 2. The van der Waals surface area contributed by atoms with Crippen LogP contribution in [0.4, 0.5) is 5.95 Å². The number of hydrogen-bond acceptors (Lipinski definition) is 3. The van der Waals surface area contributed by atoms with Crippen molar-refractivity contribution in [2.45, 2.75) is 19.8 Å². The number of anilines is 1. The summed E-state index contributed by atoms with van der Waals surface area (Å²) < 4.78 is 7.18. The van der Waals surface area contributed by atoms with Crippen molar-refractivity contribution in [1.29, 1.82) is 0 Å². The van der Waals surface area contributed by atoms with E-state index in [0.29, 0.717) is 5.95 Å². The Bertz CT molecular complexity index is 546. The van der Waals surface area contributed by atoms with Crippen molar-refractivity contribution in [3.8, 4) is 5.75 Å². The number of aromatic nitrogens is 2. The Morgan fingerprint density at radius 2 is 2.11 bits per heavy atom. The van der Waals surface area contributed by atoms with Crippen LogP contribution in [0.2, 0.25) is 0 Å². The summed E-state index contributed by atoms with van der Waals surface area (Å²) in [6.07, 6.45) is 3.75. The molecule has 4 heteroatoms.